The molecule has 0 fully saturated rings. The Morgan fingerprint density at radius 3 is 2.50 bits per heavy atom. The molecule has 0 atom stereocenters. The fraction of sp³-hybridized carbons (Fsp3) is 0.0526. The largest absolute Gasteiger partial charge is 0.361 e. The maximum absolute atomic E-state index is 12.6. The van der Waals surface area contributed by atoms with Gasteiger partial charge in [0.15, 0.2) is 0 Å². The van der Waals surface area contributed by atoms with Crippen molar-refractivity contribution in [3.63, 3.8) is 0 Å². The lowest BCUT2D eigenvalue weighted by Crippen LogP contribution is -2.09. The van der Waals surface area contributed by atoms with Crippen LogP contribution in [0.25, 0.3) is 17.0 Å². The third-order valence-corrected chi connectivity index (χ3v) is 4.34. The number of carbonyl (C=O) groups excluding carboxylic acids is 1. The number of anilines is 1. The van der Waals surface area contributed by atoms with Gasteiger partial charge in [-0.25, -0.2) is 8.42 Å². The first-order valence-corrected chi connectivity index (χ1v) is 9.57. The lowest BCUT2D eigenvalue weighted by molar-refractivity contribution is 0.104. The summed E-state index contributed by atoms with van der Waals surface area (Å²) in [5.74, 6) is -0.427. The van der Waals surface area contributed by atoms with E-state index in [1.54, 1.807) is 12.3 Å². The van der Waals surface area contributed by atoms with Crippen LogP contribution < -0.4 is 4.72 Å². The van der Waals surface area contributed by atoms with E-state index in [0.717, 1.165) is 22.7 Å². The lowest BCUT2D eigenvalue weighted by atomic mass is 10.0. The average Bonchev–Trinajstić information content (AvgIpc) is 3.01. The van der Waals surface area contributed by atoms with Crippen LogP contribution in [0.1, 0.15) is 15.9 Å². The number of nitrogens with one attached hydrogen (secondary N) is 2. The fourth-order valence-corrected chi connectivity index (χ4v) is 3.14. The summed E-state index contributed by atoms with van der Waals surface area (Å²) in [4.78, 5) is 15.7. The SMILES string of the molecule is CS(=O)(=O)Nc1ccc(C(=O)/C(C#N)=C/c2c[nH]c3ccccc23)cc1. The number of sulfonamides is 1. The molecule has 130 valence electrons. The zero-order valence-corrected chi connectivity index (χ0v) is 14.7. The summed E-state index contributed by atoms with van der Waals surface area (Å²) >= 11 is 0. The number of fused-ring (bicyclic) bond motifs is 1. The van der Waals surface area contributed by atoms with Gasteiger partial charge in [0.1, 0.15) is 11.6 Å². The van der Waals surface area contributed by atoms with Crippen LogP contribution in [0.3, 0.4) is 0 Å². The van der Waals surface area contributed by atoms with E-state index in [9.17, 15) is 18.5 Å². The number of benzene rings is 2. The van der Waals surface area contributed by atoms with Crippen LogP contribution in [-0.4, -0.2) is 25.4 Å². The number of hydrogen-bond donors (Lipinski definition) is 2. The van der Waals surface area contributed by atoms with Crippen LogP contribution in [0.4, 0.5) is 5.69 Å². The van der Waals surface area contributed by atoms with E-state index in [1.165, 1.54) is 24.3 Å². The number of allylic oxidation sites excluding steroid dienone is 1. The van der Waals surface area contributed by atoms with Gasteiger partial charge in [-0.1, -0.05) is 18.2 Å². The van der Waals surface area contributed by atoms with E-state index >= 15 is 0 Å². The molecule has 1 heterocycles. The molecule has 0 aliphatic heterocycles. The van der Waals surface area contributed by atoms with Crippen molar-refractivity contribution in [1.29, 1.82) is 5.26 Å². The van der Waals surface area contributed by atoms with Crippen molar-refractivity contribution in [2.75, 3.05) is 11.0 Å². The molecule has 0 unspecified atom stereocenters. The van der Waals surface area contributed by atoms with E-state index in [1.807, 2.05) is 30.3 Å². The third-order valence-electron chi connectivity index (χ3n) is 3.74. The number of aromatic amines is 1. The number of rotatable bonds is 5. The molecule has 0 aliphatic rings. The van der Waals surface area contributed by atoms with E-state index in [2.05, 4.69) is 9.71 Å². The molecule has 0 spiro atoms. The molecule has 0 aliphatic carbocycles. The molecule has 26 heavy (non-hydrogen) atoms. The molecule has 2 aromatic carbocycles. The second kappa shape index (κ2) is 6.86. The maximum atomic E-state index is 12.6. The second-order valence-corrected chi connectivity index (χ2v) is 7.49. The van der Waals surface area contributed by atoms with Crippen LogP contribution >= 0.6 is 0 Å². The van der Waals surface area contributed by atoms with Crippen LogP contribution in [0.15, 0.2) is 60.3 Å². The Bertz CT molecular complexity index is 1150. The number of ketones is 1. The number of nitriles is 1. The summed E-state index contributed by atoms with van der Waals surface area (Å²) < 4.78 is 24.8. The highest BCUT2D eigenvalue weighted by molar-refractivity contribution is 7.92. The van der Waals surface area contributed by atoms with Crippen molar-refractivity contribution in [2.45, 2.75) is 0 Å². The Balaban J connectivity index is 1.91. The molecule has 3 aromatic rings. The minimum Gasteiger partial charge on any atom is -0.361 e. The highest BCUT2D eigenvalue weighted by Gasteiger charge is 2.13. The fourth-order valence-electron chi connectivity index (χ4n) is 2.58. The Hall–Kier alpha value is -3.37. The number of Topliss-reactive ketones (excluding diaryl/α,β-unsaturated/α-hetero) is 1. The van der Waals surface area contributed by atoms with Crippen molar-refractivity contribution >= 4 is 38.5 Å². The Labute approximate surface area is 150 Å². The predicted molar refractivity (Wildman–Crippen MR) is 101 cm³/mol. The predicted octanol–water partition coefficient (Wildman–Crippen LogP) is 3.33. The van der Waals surface area contributed by atoms with E-state index < -0.39 is 15.8 Å². The maximum Gasteiger partial charge on any atom is 0.229 e. The quantitative estimate of drug-likeness (QED) is 0.411. The van der Waals surface area contributed by atoms with Crippen molar-refractivity contribution in [3.8, 4) is 6.07 Å². The number of nitrogens with zero attached hydrogens (tertiary/aromatic N) is 1. The minimum atomic E-state index is -3.39. The van der Waals surface area contributed by atoms with Gasteiger partial charge in [0.2, 0.25) is 15.8 Å². The Morgan fingerprint density at radius 1 is 1.15 bits per heavy atom. The summed E-state index contributed by atoms with van der Waals surface area (Å²) in [7, 11) is -3.39. The second-order valence-electron chi connectivity index (χ2n) is 5.74. The Morgan fingerprint density at radius 2 is 1.85 bits per heavy atom. The summed E-state index contributed by atoms with van der Waals surface area (Å²) in [6.45, 7) is 0. The Kier molecular flexibility index (Phi) is 4.61. The first-order valence-electron chi connectivity index (χ1n) is 7.68. The zero-order chi connectivity index (χ0) is 18.7. The van der Waals surface area contributed by atoms with Crippen LogP contribution in [0.5, 0.6) is 0 Å². The van der Waals surface area contributed by atoms with E-state index in [-0.39, 0.29) is 5.57 Å². The average molecular weight is 365 g/mol. The third kappa shape index (κ3) is 3.82. The molecule has 2 N–H and O–H groups in total. The van der Waals surface area contributed by atoms with Gasteiger partial charge in [0.25, 0.3) is 0 Å². The molecule has 3 rings (SSSR count). The molecule has 0 saturated carbocycles. The van der Waals surface area contributed by atoms with Crippen molar-refractivity contribution in [3.05, 3.63) is 71.4 Å². The first kappa shape index (κ1) is 17.5. The van der Waals surface area contributed by atoms with Gasteiger partial charge in [-0.05, 0) is 36.4 Å². The molecule has 0 radical (unpaired) electrons. The number of hydrogen-bond acceptors (Lipinski definition) is 4. The standard InChI is InChI=1S/C19H15N3O3S/c1-26(24,25)22-16-8-6-13(7-9-16)19(23)14(11-20)10-15-12-21-18-5-3-2-4-17(15)18/h2-10,12,21-22H,1H3/b14-10+. The molecule has 7 heteroatoms. The molecule has 1 aromatic heterocycles. The first-order chi connectivity index (χ1) is 12.4. The number of aromatic nitrogens is 1. The summed E-state index contributed by atoms with van der Waals surface area (Å²) in [6, 6.07) is 15.5. The van der Waals surface area contributed by atoms with Crippen LogP contribution in [-0.2, 0) is 10.0 Å². The molecule has 0 amide bonds. The monoisotopic (exact) mass is 365 g/mol. The van der Waals surface area contributed by atoms with Gasteiger partial charge in [0, 0.05) is 33.9 Å². The zero-order valence-electron chi connectivity index (χ0n) is 13.9. The topological polar surface area (TPSA) is 103 Å². The number of H-pyrrole nitrogens is 1. The minimum absolute atomic E-state index is 0.00132. The molecular weight excluding hydrogens is 350 g/mol. The molecular formula is C19H15N3O3S. The smallest absolute Gasteiger partial charge is 0.229 e. The van der Waals surface area contributed by atoms with Gasteiger partial charge in [-0.15, -0.1) is 0 Å². The van der Waals surface area contributed by atoms with Gasteiger partial charge in [0.05, 0.1) is 6.26 Å². The summed E-state index contributed by atoms with van der Waals surface area (Å²) in [6.07, 6.45) is 4.34. The van der Waals surface area contributed by atoms with Crippen molar-refractivity contribution < 1.29 is 13.2 Å². The highest BCUT2D eigenvalue weighted by atomic mass is 32.2. The number of para-hydroxylation sites is 1. The number of carbonyl (C=O) groups is 1. The van der Waals surface area contributed by atoms with Crippen LogP contribution in [0.2, 0.25) is 0 Å². The normalized spacial score (nSPS) is 11.9. The summed E-state index contributed by atoms with van der Waals surface area (Å²) in [5.41, 5.74) is 2.32. The summed E-state index contributed by atoms with van der Waals surface area (Å²) in [5, 5.41) is 10.3. The van der Waals surface area contributed by atoms with Gasteiger partial charge in [-0.3, -0.25) is 9.52 Å². The van der Waals surface area contributed by atoms with Gasteiger partial charge in [-0.2, -0.15) is 5.26 Å². The van der Waals surface area contributed by atoms with Gasteiger partial charge >= 0.3 is 0 Å². The van der Waals surface area contributed by atoms with Crippen molar-refractivity contribution in [2.24, 2.45) is 0 Å². The molecule has 0 saturated heterocycles. The van der Waals surface area contributed by atoms with Crippen LogP contribution in [0, 0.1) is 11.3 Å². The van der Waals surface area contributed by atoms with Gasteiger partial charge < -0.3 is 4.98 Å². The van der Waals surface area contributed by atoms with E-state index in [4.69, 9.17) is 0 Å². The lowest BCUT2D eigenvalue weighted by Gasteiger charge is -2.05. The highest BCUT2D eigenvalue weighted by Crippen LogP contribution is 2.22. The van der Waals surface area contributed by atoms with E-state index in [0.29, 0.717) is 11.3 Å². The molecule has 0 bridgehead atoms. The molecule has 6 nitrogen and oxygen atoms in total. The van der Waals surface area contributed by atoms with Crippen molar-refractivity contribution in [1.82, 2.24) is 4.98 Å².